The predicted octanol–water partition coefficient (Wildman–Crippen LogP) is 4.43. The van der Waals surface area contributed by atoms with Crippen LogP contribution in [0.3, 0.4) is 0 Å². The van der Waals surface area contributed by atoms with Gasteiger partial charge in [-0.25, -0.2) is 4.39 Å². The molecule has 8 heteroatoms. The van der Waals surface area contributed by atoms with E-state index in [0.717, 1.165) is 0 Å². The number of alkyl halides is 1. The topological polar surface area (TPSA) is 65.5 Å². The molecule has 0 N–H and O–H groups in total. The summed E-state index contributed by atoms with van der Waals surface area (Å²) in [5, 5.41) is 9.74. The molecular formula is C12H8BrClFNO4. The Balaban J connectivity index is 2.43. The van der Waals surface area contributed by atoms with E-state index in [1.165, 1.54) is 31.4 Å². The number of furan rings is 1. The minimum Gasteiger partial charge on any atom is -0.496 e. The van der Waals surface area contributed by atoms with Crippen LogP contribution in [0.2, 0.25) is 0 Å². The summed E-state index contributed by atoms with van der Waals surface area (Å²) >= 11 is 9.27. The van der Waals surface area contributed by atoms with Crippen molar-refractivity contribution in [2.45, 2.75) is 5.38 Å². The van der Waals surface area contributed by atoms with E-state index < -0.39 is 22.0 Å². The highest BCUT2D eigenvalue weighted by molar-refractivity contribution is 9.10. The van der Waals surface area contributed by atoms with E-state index in [4.69, 9.17) is 20.8 Å². The highest BCUT2D eigenvalue weighted by atomic mass is 79.9. The fourth-order valence-electron chi connectivity index (χ4n) is 1.65. The van der Waals surface area contributed by atoms with Gasteiger partial charge in [0.15, 0.2) is 0 Å². The maximum absolute atomic E-state index is 13.4. The number of hydrogen-bond donors (Lipinski definition) is 0. The third-order valence-electron chi connectivity index (χ3n) is 2.59. The normalized spacial score (nSPS) is 12.2. The maximum Gasteiger partial charge on any atom is 0.433 e. The Labute approximate surface area is 126 Å². The Morgan fingerprint density at radius 3 is 2.75 bits per heavy atom. The Bertz CT molecular complexity index is 661. The minimum absolute atomic E-state index is 0.176. The Kier molecular flexibility index (Phi) is 4.29. The molecule has 0 amide bonds. The molecule has 1 aromatic carbocycles. The molecule has 1 aromatic heterocycles. The van der Waals surface area contributed by atoms with Crippen LogP contribution in [0.15, 0.2) is 33.2 Å². The summed E-state index contributed by atoms with van der Waals surface area (Å²) < 4.78 is 23.7. The number of ether oxygens (including phenoxy) is 1. The fraction of sp³-hybridized carbons (Fsp3) is 0.167. The summed E-state index contributed by atoms with van der Waals surface area (Å²) in [5.41, 5.74) is 0.437. The van der Waals surface area contributed by atoms with Gasteiger partial charge < -0.3 is 9.15 Å². The van der Waals surface area contributed by atoms with E-state index in [1.54, 1.807) is 0 Å². The quantitative estimate of drug-likeness (QED) is 0.457. The van der Waals surface area contributed by atoms with Crippen LogP contribution >= 0.6 is 27.5 Å². The second-order valence-corrected chi connectivity index (χ2v) is 5.09. The molecular weight excluding hydrogens is 356 g/mol. The molecule has 0 aliphatic heterocycles. The summed E-state index contributed by atoms with van der Waals surface area (Å²) in [5.74, 6) is -0.509. The molecule has 5 nitrogen and oxygen atoms in total. The average Bonchev–Trinajstić information content (AvgIpc) is 2.90. The van der Waals surface area contributed by atoms with Gasteiger partial charge in [0.05, 0.1) is 17.6 Å². The molecule has 0 aliphatic carbocycles. The molecule has 2 rings (SSSR count). The number of methoxy groups -OCH3 is 1. The van der Waals surface area contributed by atoms with Gasteiger partial charge in [0.2, 0.25) is 0 Å². The van der Waals surface area contributed by atoms with E-state index in [1.807, 2.05) is 0 Å². The summed E-state index contributed by atoms with van der Waals surface area (Å²) in [4.78, 5) is 9.92. The van der Waals surface area contributed by atoms with Crippen LogP contribution in [0.1, 0.15) is 16.7 Å². The van der Waals surface area contributed by atoms with Gasteiger partial charge in [-0.2, -0.15) is 0 Å². The summed E-state index contributed by atoms with van der Waals surface area (Å²) in [6.07, 6.45) is 0. The van der Waals surface area contributed by atoms with E-state index >= 15 is 0 Å². The Hall–Kier alpha value is -1.60. The number of rotatable bonds is 4. The van der Waals surface area contributed by atoms with E-state index in [-0.39, 0.29) is 16.0 Å². The zero-order valence-electron chi connectivity index (χ0n) is 10.1. The van der Waals surface area contributed by atoms with Crippen molar-refractivity contribution in [3.05, 3.63) is 56.0 Å². The average molecular weight is 365 g/mol. The molecule has 0 bridgehead atoms. The van der Waals surface area contributed by atoms with Crippen LogP contribution in [0, 0.1) is 15.9 Å². The van der Waals surface area contributed by atoms with Crippen molar-refractivity contribution in [1.29, 1.82) is 0 Å². The molecule has 0 spiro atoms. The number of benzene rings is 1. The lowest BCUT2D eigenvalue weighted by atomic mass is 10.1. The monoisotopic (exact) mass is 363 g/mol. The number of halogens is 3. The number of nitro groups is 1. The molecule has 1 atom stereocenters. The summed E-state index contributed by atoms with van der Waals surface area (Å²) in [6.45, 7) is 0. The molecule has 1 heterocycles. The second-order valence-electron chi connectivity index (χ2n) is 3.80. The van der Waals surface area contributed by atoms with Gasteiger partial charge in [-0.3, -0.25) is 10.1 Å². The van der Waals surface area contributed by atoms with E-state index in [9.17, 15) is 14.5 Å². The third-order valence-corrected chi connectivity index (χ3v) is 3.65. The lowest BCUT2D eigenvalue weighted by Crippen LogP contribution is -1.98. The van der Waals surface area contributed by atoms with Crippen molar-refractivity contribution in [2.24, 2.45) is 0 Å². The highest BCUT2D eigenvalue weighted by Crippen LogP contribution is 2.39. The van der Waals surface area contributed by atoms with Crippen molar-refractivity contribution in [3.63, 3.8) is 0 Å². The van der Waals surface area contributed by atoms with Crippen LogP contribution in [0.25, 0.3) is 0 Å². The summed E-state index contributed by atoms with van der Waals surface area (Å²) in [7, 11) is 1.38. The highest BCUT2D eigenvalue weighted by Gasteiger charge is 2.23. The minimum atomic E-state index is -0.837. The standard InChI is InChI=1S/C12H8BrClFNO4/c1-19-10-5-8(15)7(13)4-6(10)12(14)9-2-3-11(20-9)16(17)18/h2-5,12H,1H3. The van der Waals surface area contributed by atoms with Crippen LogP contribution in [-0.4, -0.2) is 12.0 Å². The van der Waals surface area contributed by atoms with Crippen LogP contribution in [0.5, 0.6) is 5.75 Å². The van der Waals surface area contributed by atoms with Crippen molar-refractivity contribution in [3.8, 4) is 5.75 Å². The van der Waals surface area contributed by atoms with E-state index in [2.05, 4.69) is 15.9 Å². The van der Waals surface area contributed by atoms with Crippen molar-refractivity contribution < 1.29 is 18.5 Å². The molecule has 0 radical (unpaired) electrons. The first-order chi connectivity index (χ1) is 9.43. The van der Waals surface area contributed by atoms with Crippen molar-refractivity contribution >= 4 is 33.4 Å². The van der Waals surface area contributed by atoms with Gasteiger partial charge in [-0.05, 0) is 28.1 Å². The zero-order chi connectivity index (χ0) is 14.9. The van der Waals surface area contributed by atoms with Gasteiger partial charge in [0.1, 0.15) is 27.6 Å². The summed E-state index contributed by atoms with van der Waals surface area (Å²) in [6, 6.07) is 5.22. The SMILES string of the molecule is COc1cc(F)c(Br)cc1C(Cl)c1ccc([N+](=O)[O-])o1. The van der Waals surface area contributed by atoms with Gasteiger partial charge in [0.25, 0.3) is 0 Å². The lowest BCUT2D eigenvalue weighted by molar-refractivity contribution is -0.402. The van der Waals surface area contributed by atoms with Crippen LogP contribution in [0.4, 0.5) is 10.3 Å². The Morgan fingerprint density at radius 1 is 1.50 bits per heavy atom. The number of hydrogen-bond acceptors (Lipinski definition) is 4. The first-order valence-corrected chi connectivity index (χ1v) is 6.58. The van der Waals surface area contributed by atoms with Gasteiger partial charge in [0, 0.05) is 11.6 Å². The van der Waals surface area contributed by atoms with Gasteiger partial charge in [-0.1, -0.05) is 0 Å². The van der Waals surface area contributed by atoms with Crippen molar-refractivity contribution in [2.75, 3.05) is 7.11 Å². The smallest absolute Gasteiger partial charge is 0.433 e. The van der Waals surface area contributed by atoms with Crippen molar-refractivity contribution in [1.82, 2.24) is 0 Å². The predicted molar refractivity (Wildman–Crippen MR) is 73.7 cm³/mol. The van der Waals surface area contributed by atoms with Gasteiger partial charge in [-0.15, -0.1) is 11.6 Å². The molecule has 0 aliphatic rings. The molecule has 106 valence electrons. The zero-order valence-corrected chi connectivity index (χ0v) is 12.4. The molecule has 0 saturated heterocycles. The lowest BCUT2D eigenvalue weighted by Gasteiger charge is -2.13. The molecule has 2 aromatic rings. The third kappa shape index (κ3) is 2.78. The first kappa shape index (κ1) is 14.8. The second kappa shape index (κ2) is 5.80. The van der Waals surface area contributed by atoms with Gasteiger partial charge >= 0.3 is 5.88 Å². The molecule has 0 saturated carbocycles. The molecule has 20 heavy (non-hydrogen) atoms. The largest absolute Gasteiger partial charge is 0.496 e. The van der Waals surface area contributed by atoms with Crippen LogP contribution < -0.4 is 4.74 Å². The van der Waals surface area contributed by atoms with Crippen LogP contribution in [-0.2, 0) is 0 Å². The maximum atomic E-state index is 13.4. The number of nitrogens with zero attached hydrogens (tertiary/aromatic N) is 1. The molecule has 0 fully saturated rings. The first-order valence-electron chi connectivity index (χ1n) is 5.35. The fourth-order valence-corrected chi connectivity index (χ4v) is 2.30. The Morgan fingerprint density at radius 2 is 2.20 bits per heavy atom. The molecule has 1 unspecified atom stereocenters. The van der Waals surface area contributed by atoms with E-state index in [0.29, 0.717) is 5.56 Å².